The van der Waals surface area contributed by atoms with Gasteiger partial charge >= 0.3 is 0 Å². The molecular formula is C21H22N6O2. The maximum absolute atomic E-state index is 5.39. The molecule has 0 bridgehead atoms. The Bertz CT molecular complexity index is 1130. The SMILES string of the molecule is CCc1nc(Nc2ccc(OC)c(OC)c2)c2nnn(Cc3ccccc3)c2n1. The van der Waals surface area contributed by atoms with Crippen molar-refractivity contribution in [3.63, 3.8) is 0 Å². The van der Waals surface area contributed by atoms with E-state index in [-0.39, 0.29) is 0 Å². The Morgan fingerprint density at radius 1 is 0.966 bits per heavy atom. The van der Waals surface area contributed by atoms with Gasteiger partial charge in [-0.3, -0.25) is 0 Å². The number of nitrogens with zero attached hydrogens (tertiary/aromatic N) is 5. The van der Waals surface area contributed by atoms with Gasteiger partial charge in [0.2, 0.25) is 0 Å². The first-order valence-electron chi connectivity index (χ1n) is 9.35. The van der Waals surface area contributed by atoms with Crippen molar-refractivity contribution in [1.29, 1.82) is 0 Å². The van der Waals surface area contributed by atoms with E-state index in [1.165, 1.54) is 0 Å². The normalized spacial score (nSPS) is 10.9. The zero-order chi connectivity index (χ0) is 20.2. The largest absolute Gasteiger partial charge is 0.493 e. The predicted molar refractivity (Wildman–Crippen MR) is 111 cm³/mol. The number of aryl methyl sites for hydroxylation is 1. The first-order chi connectivity index (χ1) is 14.2. The van der Waals surface area contributed by atoms with E-state index in [1.807, 2.05) is 43.3 Å². The van der Waals surface area contributed by atoms with E-state index in [0.29, 0.717) is 41.4 Å². The average Bonchev–Trinajstić information content (AvgIpc) is 3.17. The van der Waals surface area contributed by atoms with E-state index in [2.05, 4.69) is 37.7 Å². The third-order valence-electron chi connectivity index (χ3n) is 4.55. The van der Waals surface area contributed by atoms with Crippen molar-refractivity contribution in [3.05, 3.63) is 59.9 Å². The minimum Gasteiger partial charge on any atom is -0.493 e. The molecule has 0 saturated heterocycles. The van der Waals surface area contributed by atoms with Crippen LogP contribution in [0.15, 0.2) is 48.5 Å². The van der Waals surface area contributed by atoms with Gasteiger partial charge in [-0.1, -0.05) is 42.5 Å². The van der Waals surface area contributed by atoms with E-state index in [9.17, 15) is 0 Å². The van der Waals surface area contributed by atoms with Crippen molar-refractivity contribution < 1.29 is 9.47 Å². The Morgan fingerprint density at radius 2 is 1.76 bits per heavy atom. The van der Waals surface area contributed by atoms with Gasteiger partial charge in [-0.05, 0) is 17.7 Å². The Kier molecular flexibility index (Phi) is 5.24. The highest BCUT2D eigenvalue weighted by Crippen LogP contribution is 2.32. The Balaban J connectivity index is 1.73. The first kappa shape index (κ1) is 18.7. The van der Waals surface area contributed by atoms with Crippen LogP contribution in [0.3, 0.4) is 0 Å². The summed E-state index contributed by atoms with van der Waals surface area (Å²) < 4.78 is 12.5. The van der Waals surface area contributed by atoms with Crippen LogP contribution in [0.25, 0.3) is 11.2 Å². The number of nitrogens with one attached hydrogen (secondary N) is 1. The molecule has 0 spiro atoms. The number of methoxy groups -OCH3 is 2. The second-order valence-corrected chi connectivity index (χ2v) is 6.44. The summed E-state index contributed by atoms with van der Waals surface area (Å²) in [5.41, 5.74) is 3.25. The van der Waals surface area contributed by atoms with Crippen LogP contribution in [0.5, 0.6) is 11.5 Å². The molecular weight excluding hydrogens is 368 g/mol. The second kappa shape index (κ2) is 8.14. The van der Waals surface area contributed by atoms with Gasteiger partial charge < -0.3 is 14.8 Å². The molecule has 29 heavy (non-hydrogen) atoms. The number of benzene rings is 2. The molecule has 0 aliphatic carbocycles. The van der Waals surface area contributed by atoms with E-state index < -0.39 is 0 Å². The zero-order valence-corrected chi connectivity index (χ0v) is 16.6. The molecule has 0 fully saturated rings. The number of hydrogen-bond acceptors (Lipinski definition) is 7. The van der Waals surface area contributed by atoms with Gasteiger partial charge in [0.05, 0.1) is 20.8 Å². The van der Waals surface area contributed by atoms with E-state index in [4.69, 9.17) is 9.47 Å². The smallest absolute Gasteiger partial charge is 0.184 e. The first-order valence-corrected chi connectivity index (χ1v) is 9.35. The summed E-state index contributed by atoms with van der Waals surface area (Å²) in [7, 11) is 3.21. The molecule has 0 aliphatic heterocycles. The Labute approximate surface area is 168 Å². The van der Waals surface area contributed by atoms with Crippen LogP contribution >= 0.6 is 0 Å². The summed E-state index contributed by atoms with van der Waals surface area (Å²) in [5.74, 6) is 2.62. The summed E-state index contributed by atoms with van der Waals surface area (Å²) in [6.45, 7) is 2.61. The second-order valence-electron chi connectivity index (χ2n) is 6.44. The minimum atomic E-state index is 0.591. The number of aromatic nitrogens is 5. The van der Waals surface area contributed by atoms with Crippen LogP contribution in [0, 0.1) is 0 Å². The van der Waals surface area contributed by atoms with Crippen LogP contribution in [-0.2, 0) is 13.0 Å². The van der Waals surface area contributed by atoms with Crippen molar-refractivity contribution in [2.75, 3.05) is 19.5 Å². The number of ether oxygens (including phenoxy) is 2. The van der Waals surface area contributed by atoms with Gasteiger partial charge in [-0.15, -0.1) is 5.10 Å². The molecule has 4 aromatic rings. The molecule has 2 heterocycles. The van der Waals surface area contributed by atoms with Crippen molar-refractivity contribution in [2.45, 2.75) is 19.9 Å². The summed E-state index contributed by atoms with van der Waals surface area (Å²) in [6, 6.07) is 15.7. The molecule has 4 rings (SSSR count). The summed E-state index contributed by atoms with van der Waals surface area (Å²) in [5, 5.41) is 12.0. The van der Waals surface area contributed by atoms with Crippen molar-refractivity contribution in [2.24, 2.45) is 0 Å². The molecule has 0 atom stereocenters. The van der Waals surface area contributed by atoms with Gasteiger partial charge in [-0.25, -0.2) is 14.6 Å². The van der Waals surface area contributed by atoms with E-state index >= 15 is 0 Å². The Morgan fingerprint density at radius 3 is 2.48 bits per heavy atom. The summed E-state index contributed by atoms with van der Waals surface area (Å²) >= 11 is 0. The molecule has 1 N–H and O–H groups in total. The van der Waals surface area contributed by atoms with Crippen LogP contribution in [0.1, 0.15) is 18.3 Å². The lowest BCUT2D eigenvalue weighted by Crippen LogP contribution is -2.06. The maximum Gasteiger partial charge on any atom is 0.184 e. The van der Waals surface area contributed by atoms with Crippen molar-refractivity contribution >= 4 is 22.7 Å². The molecule has 0 amide bonds. The maximum atomic E-state index is 5.39. The highest BCUT2D eigenvalue weighted by molar-refractivity contribution is 5.85. The van der Waals surface area contributed by atoms with Crippen LogP contribution in [0.4, 0.5) is 11.5 Å². The lowest BCUT2D eigenvalue weighted by Gasteiger charge is -2.11. The molecule has 2 aromatic carbocycles. The predicted octanol–water partition coefficient (Wildman–Crippen LogP) is 3.59. The molecule has 0 saturated carbocycles. The topological polar surface area (TPSA) is 87.0 Å². The van der Waals surface area contributed by atoms with E-state index in [0.717, 1.165) is 17.1 Å². The summed E-state index contributed by atoms with van der Waals surface area (Å²) in [4.78, 5) is 9.28. The fourth-order valence-electron chi connectivity index (χ4n) is 3.06. The molecule has 148 valence electrons. The lowest BCUT2D eigenvalue weighted by atomic mass is 10.2. The molecule has 8 nitrogen and oxygen atoms in total. The quantitative estimate of drug-likeness (QED) is 0.516. The van der Waals surface area contributed by atoms with Gasteiger partial charge in [-0.2, -0.15) is 0 Å². The number of anilines is 2. The zero-order valence-electron chi connectivity index (χ0n) is 16.6. The standard InChI is InChI=1S/C21H22N6O2/c1-4-18-23-20(22-15-10-11-16(28-2)17(12-15)29-3)19-21(24-18)27(26-25-19)13-14-8-6-5-7-9-14/h5-12H,4,13H2,1-3H3,(H,22,23,24). The highest BCUT2D eigenvalue weighted by Gasteiger charge is 2.15. The number of hydrogen-bond donors (Lipinski definition) is 1. The number of rotatable bonds is 7. The average molecular weight is 390 g/mol. The van der Waals surface area contributed by atoms with E-state index in [1.54, 1.807) is 18.9 Å². The third kappa shape index (κ3) is 3.82. The minimum absolute atomic E-state index is 0.591. The fourth-order valence-corrected chi connectivity index (χ4v) is 3.06. The molecule has 2 aromatic heterocycles. The van der Waals surface area contributed by atoms with Gasteiger partial charge in [0.15, 0.2) is 28.5 Å². The van der Waals surface area contributed by atoms with Crippen LogP contribution in [0.2, 0.25) is 0 Å². The molecule has 0 aliphatic rings. The number of fused-ring (bicyclic) bond motifs is 1. The molecule has 8 heteroatoms. The Hall–Kier alpha value is -3.68. The molecule has 0 radical (unpaired) electrons. The fraction of sp³-hybridized carbons (Fsp3) is 0.238. The highest BCUT2D eigenvalue weighted by atomic mass is 16.5. The van der Waals surface area contributed by atoms with Crippen LogP contribution in [-0.4, -0.2) is 39.2 Å². The van der Waals surface area contributed by atoms with Crippen molar-refractivity contribution in [3.8, 4) is 11.5 Å². The van der Waals surface area contributed by atoms with Gasteiger partial charge in [0.1, 0.15) is 5.82 Å². The van der Waals surface area contributed by atoms with Crippen LogP contribution < -0.4 is 14.8 Å². The van der Waals surface area contributed by atoms with Crippen molar-refractivity contribution in [1.82, 2.24) is 25.0 Å². The summed E-state index contributed by atoms with van der Waals surface area (Å²) in [6.07, 6.45) is 0.701. The molecule has 0 unspecified atom stereocenters. The monoisotopic (exact) mass is 390 g/mol. The van der Waals surface area contributed by atoms with Gasteiger partial charge in [0.25, 0.3) is 0 Å². The van der Waals surface area contributed by atoms with Gasteiger partial charge in [0, 0.05) is 18.2 Å². The third-order valence-corrected chi connectivity index (χ3v) is 4.55. The lowest BCUT2D eigenvalue weighted by molar-refractivity contribution is 0.355.